The fraction of sp³-hybridized carbons (Fsp3) is 0.200. The zero-order valence-electron chi connectivity index (χ0n) is 16.3. The zero-order valence-corrected chi connectivity index (χ0v) is 17.9. The molecular formula is C20H22N4O3S2. The van der Waals surface area contributed by atoms with Gasteiger partial charge in [-0.05, 0) is 61.0 Å². The Hall–Kier alpha value is -2.91. The number of thiocarbonyl (C=S) groups is 1. The first-order valence-corrected chi connectivity index (χ1v) is 10.9. The molecule has 0 fully saturated rings. The van der Waals surface area contributed by atoms with Crippen molar-refractivity contribution in [3.63, 3.8) is 0 Å². The highest BCUT2D eigenvalue weighted by molar-refractivity contribution is 7.92. The predicted molar refractivity (Wildman–Crippen MR) is 119 cm³/mol. The smallest absolute Gasteiger partial charge is 0.263 e. The Bertz CT molecular complexity index is 1110. The van der Waals surface area contributed by atoms with E-state index in [4.69, 9.17) is 16.7 Å². The van der Waals surface area contributed by atoms with Gasteiger partial charge in [0.25, 0.3) is 10.0 Å². The van der Waals surface area contributed by atoms with Gasteiger partial charge in [-0.3, -0.25) is 4.72 Å². The summed E-state index contributed by atoms with van der Waals surface area (Å²) in [6, 6.07) is 15.7. The monoisotopic (exact) mass is 430 g/mol. The molecule has 0 amide bonds. The van der Waals surface area contributed by atoms with Gasteiger partial charge in [0.2, 0.25) is 0 Å². The molecule has 0 saturated heterocycles. The van der Waals surface area contributed by atoms with E-state index in [1.165, 1.54) is 18.2 Å². The molecule has 3 N–H and O–H groups in total. The third-order valence-electron chi connectivity index (χ3n) is 4.12. The minimum atomic E-state index is -3.76. The number of para-hydroxylation sites is 1. The van der Waals surface area contributed by atoms with Crippen molar-refractivity contribution in [1.29, 1.82) is 0 Å². The Kier molecular flexibility index (Phi) is 6.19. The summed E-state index contributed by atoms with van der Waals surface area (Å²) in [7, 11) is -3.76. The summed E-state index contributed by atoms with van der Waals surface area (Å²) in [6.45, 7) is 5.91. The van der Waals surface area contributed by atoms with E-state index in [0.29, 0.717) is 22.5 Å². The lowest BCUT2D eigenvalue weighted by Gasteiger charge is -2.16. The number of nitrogens with zero attached hydrogens (tertiary/aromatic N) is 1. The highest BCUT2D eigenvalue weighted by atomic mass is 32.2. The lowest BCUT2D eigenvalue weighted by atomic mass is 10.0. The quantitative estimate of drug-likeness (QED) is 0.487. The first-order valence-electron chi connectivity index (χ1n) is 8.98. The van der Waals surface area contributed by atoms with Gasteiger partial charge in [0.1, 0.15) is 5.76 Å². The van der Waals surface area contributed by atoms with E-state index in [-0.39, 0.29) is 10.7 Å². The highest BCUT2D eigenvalue weighted by Crippen LogP contribution is 2.24. The normalized spacial score (nSPS) is 11.3. The molecule has 29 heavy (non-hydrogen) atoms. The van der Waals surface area contributed by atoms with Crippen LogP contribution in [0.1, 0.15) is 31.1 Å². The van der Waals surface area contributed by atoms with Crippen molar-refractivity contribution in [3.05, 3.63) is 65.9 Å². The highest BCUT2D eigenvalue weighted by Gasteiger charge is 2.16. The summed E-state index contributed by atoms with van der Waals surface area (Å²) in [5.41, 5.74) is 2.76. The van der Waals surface area contributed by atoms with Gasteiger partial charge in [-0.25, -0.2) is 8.42 Å². The number of aromatic nitrogens is 1. The molecule has 0 aliphatic carbocycles. The molecule has 9 heteroatoms. The fourth-order valence-electron chi connectivity index (χ4n) is 2.73. The standard InChI is InChI=1S/C20H22N4O3S2/c1-13(2)17-6-4-5-7-18(17)22-20(28)21-15-8-10-16(11-9-15)29(25,26)24-19-12-14(3)27-23-19/h4-13H,1-3H3,(H,23,24)(H2,21,22,28). The van der Waals surface area contributed by atoms with Gasteiger partial charge >= 0.3 is 0 Å². The number of rotatable bonds is 6. The van der Waals surface area contributed by atoms with Crippen molar-refractivity contribution >= 4 is 44.5 Å². The fourth-order valence-corrected chi connectivity index (χ4v) is 3.94. The predicted octanol–water partition coefficient (Wildman–Crippen LogP) is 4.72. The second-order valence-electron chi connectivity index (χ2n) is 6.77. The molecule has 0 radical (unpaired) electrons. The van der Waals surface area contributed by atoms with Crippen LogP contribution in [0.3, 0.4) is 0 Å². The number of sulfonamides is 1. The average molecular weight is 431 g/mol. The molecule has 0 unspecified atom stereocenters. The molecule has 0 aliphatic rings. The molecule has 7 nitrogen and oxygen atoms in total. The molecule has 0 aliphatic heterocycles. The average Bonchev–Trinajstić information content (AvgIpc) is 3.06. The Morgan fingerprint density at radius 2 is 1.76 bits per heavy atom. The first kappa shape index (κ1) is 20.8. The van der Waals surface area contributed by atoms with Gasteiger partial charge in [-0.15, -0.1) is 0 Å². The minimum Gasteiger partial charge on any atom is -0.360 e. The van der Waals surface area contributed by atoms with Crippen LogP contribution in [0.5, 0.6) is 0 Å². The molecular weight excluding hydrogens is 408 g/mol. The SMILES string of the molecule is Cc1cc(NS(=O)(=O)c2ccc(NC(=S)Nc3ccccc3C(C)C)cc2)no1. The van der Waals surface area contributed by atoms with Crippen molar-refractivity contribution in [2.24, 2.45) is 0 Å². The van der Waals surface area contributed by atoms with E-state index in [1.54, 1.807) is 19.1 Å². The van der Waals surface area contributed by atoms with Crippen LogP contribution in [-0.2, 0) is 10.0 Å². The Labute approximate surface area is 175 Å². The van der Waals surface area contributed by atoms with E-state index in [9.17, 15) is 8.42 Å². The van der Waals surface area contributed by atoms with Gasteiger partial charge < -0.3 is 15.2 Å². The molecule has 2 aromatic carbocycles. The number of nitrogens with one attached hydrogen (secondary N) is 3. The summed E-state index contributed by atoms with van der Waals surface area (Å²) in [6.07, 6.45) is 0. The minimum absolute atomic E-state index is 0.104. The molecule has 3 rings (SSSR count). The lowest BCUT2D eigenvalue weighted by molar-refractivity contribution is 0.400. The van der Waals surface area contributed by atoms with Crippen molar-refractivity contribution < 1.29 is 12.9 Å². The summed E-state index contributed by atoms with van der Waals surface area (Å²) in [5, 5.41) is 10.3. The lowest BCUT2D eigenvalue weighted by Crippen LogP contribution is -2.20. The summed E-state index contributed by atoms with van der Waals surface area (Å²) >= 11 is 5.39. The van der Waals surface area contributed by atoms with Crippen LogP contribution >= 0.6 is 12.2 Å². The molecule has 0 bridgehead atoms. The summed E-state index contributed by atoms with van der Waals surface area (Å²) < 4.78 is 32.1. The van der Waals surface area contributed by atoms with Crippen LogP contribution in [0.15, 0.2) is 64.0 Å². The van der Waals surface area contributed by atoms with E-state index < -0.39 is 10.0 Å². The van der Waals surface area contributed by atoms with Gasteiger partial charge in [-0.2, -0.15) is 0 Å². The maximum Gasteiger partial charge on any atom is 0.263 e. The maximum atomic E-state index is 12.4. The zero-order chi connectivity index (χ0) is 21.0. The second kappa shape index (κ2) is 8.62. The van der Waals surface area contributed by atoms with Gasteiger partial charge in [-0.1, -0.05) is 37.2 Å². The Morgan fingerprint density at radius 3 is 2.38 bits per heavy atom. The van der Waals surface area contributed by atoms with Crippen molar-refractivity contribution in [2.75, 3.05) is 15.4 Å². The molecule has 0 atom stereocenters. The van der Waals surface area contributed by atoms with Crippen LogP contribution < -0.4 is 15.4 Å². The maximum absolute atomic E-state index is 12.4. The molecule has 0 saturated carbocycles. The number of benzene rings is 2. The number of hydrogen-bond acceptors (Lipinski definition) is 5. The second-order valence-corrected chi connectivity index (χ2v) is 8.86. The Morgan fingerprint density at radius 1 is 1.07 bits per heavy atom. The van der Waals surface area contributed by atoms with E-state index in [0.717, 1.165) is 11.3 Å². The van der Waals surface area contributed by atoms with Crippen LogP contribution in [-0.4, -0.2) is 18.7 Å². The van der Waals surface area contributed by atoms with Gasteiger partial charge in [0, 0.05) is 17.4 Å². The molecule has 0 spiro atoms. The van der Waals surface area contributed by atoms with Crippen LogP contribution in [0, 0.1) is 6.92 Å². The van der Waals surface area contributed by atoms with E-state index in [1.807, 2.05) is 18.2 Å². The van der Waals surface area contributed by atoms with Crippen LogP contribution in [0.4, 0.5) is 17.2 Å². The van der Waals surface area contributed by atoms with Crippen LogP contribution in [0.2, 0.25) is 0 Å². The van der Waals surface area contributed by atoms with E-state index in [2.05, 4.69) is 40.4 Å². The molecule has 1 aromatic heterocycles. The Balaban J connectivity index is 1.67. The first-order chi connectivity index (χ1) is 13.7. The van der Waals surface area contributed by atoms with E-state index >= 15 is 0 Å². The summed E-state index contributed by atoms with van der Waals surface area (Å²) in [4.78, 5) is 0.104. The molecule has 152 valence electrons. The number of anilines is 3. The van der Waals surface area contributed by atoms with Gasteiger partial charge in [0.05, 0.1) is 4.90 Å². The topological polar surface area (TPSA) is 96.3 Å². The third kappa shape index (κ3) is 5.33. The van der Waals surface area contributed by atoms with Crippen LogP contribution in [0.25, 0.3) is 0 Å². The molecule has 1 heterocycles. The number of aryl methyl sites for hydroxylation is 1. The summed E-state index contributed by atoms with van der Waals surface area (Å²) in [5.74, 6) is 1.01. The van der Waals surface area contributed by atoms with Gasteiger partial charge in [0.15, 0.2) is 10.9 Å². The third-order valence-corrected chi connectivity index (χ3v) is 5.70. The molecule has 3 aromatic rings. The number of hydrogen-bond donors (Lipinski definition) is 3. The van der Waals surface area contributed by atoms with Crippen molar-refractivity contribution in [1.82, 2.24) is 5.16 Å². The van der Waals surface area contributed by atoms with Crippen molar-refractivity contribution in [2.45, 2.75) is 31.6 Å². The largest absolute Gasteiger partial charge is 0.360 e. The van der Waals surface area contributed by atoms with Crippen molar-refractivity contribution in [3.8, 4) is 0 Å².